The van der Waals surface area contributed by atoms with Crippen LogP contribution in [0.2, 0.25) is 10.0 Å². The highest BCUT2D eigenvalue weighted by atomic mass is 35.5. The number of hydrogen-bond donors (Lipinski definition) is 1. The largest absolute Gasteiger partial charge is 0.478 e. The molecule has 0 radical (unpaired) electrons. The molecule has 1 aromatic heterocycles. The molecule has 0 atom stereocenters. The highest BCUT2D eigenvalue weighted by molar-refractivity contribution is 6.35. The molecule has 0 unspecified atom stereocenters. The van der Waals surface area contributed by atoms with Crippen molar-refractivity contribution in [3.8, 4) is 0 Å². The van der Waals surface area contributed by atoms with Crippen molar-refractivity contribution in [2.24, 2.45) is 7.05 Å². The lowest BCUT2D eigenvalue weighted by molar-refractivity contribution is 0.0367. The molecule has 0 saturated carbocycles. The third-order valence-electron chi connectivity index (χ3n) is 7.26. The number of carbonyl (C=O) groups is 2. The number of imidazole rings is 1. The van der Waals surface area contributed by atoms with Crippen molar-refractivity contribution in [2.75, 3.05) is 46.4 Å². The van der Waals surface area contributed by atoms with Crippen LogP contribution in [-0.2, 0) is 24.8 Å². The number of rotatable bonds is 6. The molecule has 4 aromatic rings. The Balaban J connectivity index is 0.000000173. The number of carboxylic acids is 1. The van der Waals surface area contributed by atoms with Crippen LogP contribution in [0.1, 0.15) is 44.1 Å². The molecule has 42 heavy (non-hydrogen) atoms. The van der Waals surface area contributed by atoms with Gasteiger partial charge in [0.25, 0.3) is 0 Å². The van der Waals surface area contributed by atoms with Gasteiger partial charge >= 0.3 is 5.97 Å². The van der Waals surface area contributed by atoms with Crippen LogP contribution in [0.5, 0.6) is 0 Å². The summed E-state index contributed by atoms with van der Waals surface area (Å²) >= 11 is 11.9. The summed E-state index contributed by atoms with van der Waals surface area (Å²) in [5, 5.41) is 10.4. The summed E-state index contributed by atoms with van der Waals surface area (Å²) in [7, 11) is 4.09. The Kier molecular flexibility index (Phi) is 11.5. The minimum absolute atomic E-state index is 0.302. The zero-order valence-corrected chi connectivity index (χ0v) is 25.4. The van der Waals surface area contributed by atoms with E-state index in [4.69, 9.17) is 33.0 Å². The third-order valence-corrected chi connectivity index (χ3v) is 7.84. The smallest absolute Gasteiger partial charge is 0.335 e. The first kappa shape index (κ1) is 31.7. The number of piperazine rings is 1. The van der Waals surface area contributed by atoms with Gasteiger partial charge in [-0.25, -0.2) is 9.78 Å². The van der Waals surface area contributed by atoms with E-state index in [1.54, 1.807) is 30.3 Å². The van der Waals surface area contributed by atoms with Crippen LogP contribution in [-0.4, -0.2) is 83.2 Å². The maximum atomic E-state index is 11.1. The van der Waals surface area contributed by atoms with E-state index in [0.29, 0.717) is 27.6 Å². The molecular weight excluding hydrogens is 575 g/mol. The molecule has 2 saturated heterocycles. The molecule has 10 heteroatoms. The molecule has 8 nitrogen and oxygen atoms in total. The van der Waals surface area contributed by atoms with E-state index in [0.717, 1.165) is 80.2 Å². The maximum absolute atomic E-state index is 11.1. The molecule has 0 bridgehead atoms. The fourth-order valence-corrected chi connectivity index (χ4v) is 5.00. The Labute approximate surface area is 256 Å². The van der Waals surface area contributed by atoms with Crippen LogP contribution in [0.4, 0.5) is 0 Å². The van der Waals surface area contributed by atoms with E-state index in [2.05, 4.69) is 21.8 Å². The lowest BCUT2D eigenvalue weighted by Gasteiger charge is -2.31. The summed E-state index contributed by atoms with van der Waals surface area (Å²) in [6.45, 7) is 7.04. The fourth-order valence-electron chi connectivity index (χ4n) is 4.53. The van der Waals surface area contributed by atoms with Crippen molar-refractivity contribution in [1.82, 2.24) is 19.4 Å². The molecular formula is C32H36Cl2N4O4. The van der Waals surface area contributed by atoms with Gasteiger partial charge in [0, 0.05) is 62.0 Å². The van der Waals surface area contributed by atoms with Crippen molar-refractivity contribution in [3.63, 3.8) is 0 Å². The van der Waals surface area contributed by atoms with E-state index < -0.39 is 5.97 Å². The minimum atomic E-state index is -0.904. The molecule has 0 aliphatic carbocycles. The normalized spacial score (nSPS) is 15.1. The van der Waals surface area contributed by atoms with Crippen LogP contribution >= 0.6 is 23.2 Å². The number of aromatic carboxylic acids is 1. The highest BCUT2D eigenvalue weighted by Gasteiger charge is 2.17. The quantitative estimate of drug-likeness (QED) is 0.275. The van der Waals surface area contributed by atoms with Gasteiger partial charge in [-0.2, -0.15) is 0 Å². The van der Waals surface area contributed by atoms with Crippen LogP contribution < -0.4 is 0 Å². The van der Waals surface area contributed by atoms with Crippen molar-refractivity contribution >= 4 is 46.5 Å². The Morgan fingerprint density at radius 1 is 1.00 bits per heavy atom. The first-order valence-electron chi connectivity index (χ1n) is 13.9. The predicted octanol–water partition coefficient (Wildman–Crippen LogP) is 5.82. The number of ether oxygens (including phenoxy) is 1. The van der Waals surface area contributed by atoms with Crippen LogP contribution in [0.15, 0.2) is 60.7 Å². The van der Waals surface area contributed by atoms with Gasteiger partial charge in [-0.15, -0.1) is 0 Å². The molecule has 0 spiro atoms. The summed E-state index contributed by atoms with van der Waals surface area (Å²) in [6.07, 6.45) is 2.81. The van der Waals surface area contributed by atoms with Gasteiger partial charge in [0.1, 0.15) is 12.1 Å². The molecule has 1 N–H and O–H groups in total. The molecule has 6 rings (SSSR count). The summed E-state index contributed by atoms with van der Waals surface area (Å²) in [5.74, 6) is 0.0795. The van der Waals surface area contributed by atoms with Gasteiger partial charge in [0.2, 0.25) is 0 Å². The van der Waals surface area contributed by atoms with Gasteiger partial charge in [-0.05, 0) is 67.4 Å². The maximum Gasteiger partial charge on any atom is 0.335 e. The number of halogens is 2. The summed E-state index contributed by atoms with van der Waals surface area (Å²) in [6, 6.07) is 18.0. The number of aldehydes is 1. The third kappa shape index (κ3) is 8.86. The Hall–Kier alpha value is -3.27. The molecule has 3 heterocycles. The van der Waals surface area contributed by atoms with E-state index in [9.17, 15) is 9.59 Å². The number of aromatic nitrogens is 2. The molecule has 2 fully saturated rings. The second-order valence-electron chi connectivity index (χ2n) is 10.4. The average molecular weight is 612 g/mol. The highest BCUT2D eigenvalue weighted by Crippen LogP contribution is 2.23. The molecule has 0 amide bonds. The average Bonchev–Trinajstić information content (AvgIpc) is 3.25. The summed E-state index contributed by atoms with van der Waals surface area (Å²) in [4.78, 5) is 31.1. The number of likely N-dealkylation sites (N-methyl/N-ethyl adjacent to an activating group) is 1. The van der Waals surface area contributed by atoms with E-state index in [1.807, 2.05) is 41.9 Å². The standard InChI is InChI=1S/C15H20N4O2.C14H10Cl2O.C3H6O/c1-17-5-7-19(8-6-17)10-14-16-12-4-3-11(15(20)21)9-13(12)18(14)2;15-13-5-4-12(14(16)8-13)7-10-2-1-3-11(6-10)9-17;1-2-4-3-1/h3-4,9H,5-8,10H2,1-2H3,(H,20,21);1-6,8-9H,7H2;1-3H2. The minimum Gasteiger partial charge on any atom is -0.478 e. The van der Waals surface area contributed by atoms with E-state index in [-0.39, 0.29) is 0 Å². The van der Waals surface area contributed by atoms with Crippen molar-refractivity contribution in [2.45, 2.75) is 19.4 Å². The number of benzene rings is 3. The van der Waals surface area contributed by atoms with Gasteiger partial charge in [-0.1, -0.05) is 47.5 Å². The summed E-state index contributed by atoms with van der Waals surface area (Å²) in [5.41, 5.74) is 4.76. The fraction of sp³-hybridized carbons (Fsp3) is 0.344. The lowest BCUT2D eigenvalue weighted by atomic mass is 10.0. The van der Waals surface area contributed by atoms with Gasteiger partial charge in [0.15, 0.2) is 0 Å². The summed E-state index contributed by atoms with van der Waals surface area (Å²) < 4.78 is 6.72. The van der Waals surface area contributed by atoms with Gasteiger partial charge < -0.3 is 19.3 Å². The van der Waals surface area contributed by atoms with Crippen LogP contribution in [0.25, 0.3) is 11.0 Å². The van der Waals surface area contributed by atoms with Gasteiger partial charge in [0.05, 0.1) is 23.1 Å². The monoisotopic (exact) mass is 610 g/mol. The first-order valence-corrected chi connectivity index (χ1v) is 14.6. The zero-order valence-electron chi connectivity index (χ0n) is 23.9. The first-order chi connectivity index (χ1) is 20.2. The number of nitrogens with zero attached hydrogens (tertiary/aromatic N) is 4. The SMILES string of the molecule is C1COC1.CN1CCN(Cc2nc3ccc(C(=O)O)cc3n2C)CC1.O=Cc1cccc(Cc2ccc(Cl)cc2Cl)c1. The number of hydrogen-bond acceptors (Lipinski definition) is 6. The predicted molar refractivity (Wildman–Crippen MR) is 167 cm³/mol. The zero-order chi connectivity index (χ0) is 30.1. The van der Waals surface area contributed by atoms with E-state index in [1.165, 1.54) is 6.42 Å². The van der Waals surface area contributed by atoms with Gasteiger partial charge in [-0.3, -0.25) is 9.69 Å². The lowest BCUT2D eigenvalue weighted by Crippen LogP contribution is -2.44. The second kappa shape index (κ2) is 15.3. The second-order valence-corrected chi connectivity index (χ2v) is 11.3. The number of carboxylic acid groups (broad SMARTS) is 1. The molecule has 2 aliphatic heterocycles. The number of fused-ring (bicyclic) bond motifs is 1. The topological polar surface area (TPSA) is 87.9 Å². The van der Waals surface area contributed by atoms with E-state index >= 15 is 0 Å². The van der Waals surface area contributed by atoms with Crippen LogP contribution in [0, 0.1) is 0 Å². The number of carbonyl (C=O) groups excluding carboxylic acids is 1. The Morgan fingerprint density at radius 3 is 2.33 bits per heavy atom. The molecule has 222 valence electrons. The van der Waals surface area contributed by atoms with Crippen molar-refractivity contribution in [1.29, 1.82) is 0 Å². The molecule has 3 aromatic carbocycles. The number of aryl methyl sites for hydroxylation is 1. The van der Waals surface area contributed by atoms with Crippen LogP contribution in [0.3, 0.4) is 0 Å². The molecule has 2 aliphatic rings. The van der Waals surface area contributed by atoms with Crippen molar-refractivity contribution < 1.29 is 19.4 Å². The Morgan fingerprint density at radius 2 is 1.71 bits per heavy atom. The Bertz CT molecular complexity index is 1510. The van der Waals surface area contributed by atoms with Crippen molar-refractivity contribution in [3.05, 3.63) is 98.8 Å².